The van der Waals surface area contributed by atoms with Crippen LogP contribution >= 0.6 is 11.6 Å². The minimum absolute atomic E-state index is 0.0226. The quantitative estimate of drug-likeness (QED) is 0.735. The van der Waals surface area contributed by atoms with E-state index in [1.807, 2.05) is 0 Å². The van der Waals surface area contributed by atoms with Crippen LogP contribution in [0.2, 0.25) is 5.02 Å². The summed E-state index contributed by atoms with van der Waals surface area (Å²) < 4.78 is 38.7. The van der Waals surface area contributed by atoms with Crippen molar-refractivity contribution >= 4 is 23.3 Å². The molecule has 1 aromatic carbocycles. The van der Waals surface area contributed by atoms with Crippen LogP contribution in [0.4, 0.5) is 23.7 Å². The van der Waals surface area contributed by atoms with Crippen LogP contribution in [0, 0.1) is 23.2 Å². The van der Waals surface area contributed by atoms with Gasteiger partial charge in [-0.25, -0.2) is 4.79 Å². The second-order valence-corrected chi connectivity index (χ2v) is 8.15. The monoisotopic (exact) mass is 397 g/mol. The number of fused-ring (bicyclic) bond motifs is 2. The van der Waals surface area contributed by atoms with E-state index in [2.05, 4.69) is 11.4 Å². The van der Waals surface area contributed by atoms with E-state index in [-0.39, 0.29) is 42.8 Å². The molecule has 2 amide bonds. The summed E-state index contributed by atoms with van der Waals surface area (Å²) in [5, 5.41) is 12.5. The number of rotatable bonds is 2. The normalized spacial score (nSPS) is 32.1. The Balaban J connectivity index is 1.43. The highest BCUT2D eigenvalue weighted by atomic mass is 35.5. The smallest absolute Gasteiger partial charge is 0.318 e. The average Bonchev–Trinajstić information content (AvgIpc) is 2.56. The zero-order chi connectivity index (χ0) is 19.3. The van der Waals surface area contributed by atoms with Crippen LogP contribution < -0.4 is 5.32 Å². The molecule has 8 heteroatoms. The third-order valence-corrected chi connectivity index (χ3v) is 6.57. The molecular formula is C19H19ClF3N3O. The van der Waals surface area contributed by atoms with Crippen LogP contribution in [0.25, 0.3) is 0 Å². The van der Waals surface area contributed by atoms with Crippen molar-refractivity contribution in [2.24, 2.45) is 11.8 Å². The summed E-state index contributed by atoms with van der Waals surface area (Å²) in [7, 11) is 0. The third-order valence-electron chi connectivity index (χ3n) is 6.23. The van der Waals surface area contributed by atoms with Gasteiger partial charge in [0.1, 0.15) is 0 Å². The fourth-order valence-corrected chi connectivity index (χ4v) is 4.85. The number of amides is 2. The fraction of sp³-hybridized carbons (Fsp3) is 0.579. The van der Waals surface area contributed by atoms with Crippen molar-refractivity contribution in [3.8, 4) is 6.07 Å². The third kappa shape index (κ3) is 3.25. The lowest BCUT2D eigenvalue weighted by atomic mass is 9.71. The Morgan fingerprint density at radius 1 is 1.22 bits per heavy atom. The lowest BCUT2D eigenvalue weighted by molar-refractivity contribution is -0.205. The van der Waals surface area contributed by atoms with E-state index >= 15 is 0 Å². The highest BCUT2D eigenvalue weighted by molar-refractivity contribution is 6.31. The van der Waals surface area contributed by atoms with Crippen molar-refractivity contribution in [3.05, 3.63) is 28.8 Å². The maximum absolute atomic E-state index is 12.9. The van der Waals surface area contributed by atoms with Crippen molar-refractivity contribution in [1.82, 2.24) is 4.90 Å². The first-order chi connectivity index (χ1) is 12.8. The van der Waals surface area contributed by atoms with Gasteiger partial charge in [-0.3, -0.25) is 0 Å². The lowest BCUT2D eigenvalue weighted by Gasteiger charge is -2.55. The van der Waals surface area contributed by atoms with Gasteiger partial charge < -0.3 is 10.2 Å². The molecule has 4 nitrogen and oxygen atoms in total. The molecule has 3 fully saturated rings. The number of hydrogen-bond donors (Lipinski definition) is 1. The molecule has 1 N–H and O–H groups in total. The van der Waals surface area contributed by atoms with Crippen LogP contribution in [0.5, 0.6) is 0 Å². The molecule has 2 aliphatic carbocycles. The fourth-order valence-electron chi connectivity index (χ4n) is 4.59. The van der Waals surface area contributed by atoms with E-state index in [9.17, 15) is 18.0 Å². The summed E-state index contributed by atoms with van der Waals surface area (Å²) in [6.45, 7) is 0. The predicted molar refractivity (Wildman–Crippen MR) is 94.4 cm³/mol. The van der Waals surface area contributed by atoms with Gasteiger partial charge in [-0.05, 0) is 55.9 Å². The predicted octanol–water partition coefficient (Wildman–Crippen LogP) is 5.30. The first-order valence-electron chi connectivity index (χ1n) is 9.13. The summed E-state index contributed by atoms with van der Waals surface area (Å²) in [4.78, 5) is 14.1. The molecule has 1 aliphatic heterocycles. The molecule has 2 saturated carbocycles. The molecule has 3 aliphatic rings. The zero-order valence-electron chi connectivity index (χ0n) is 14.5. The molecule has 1 heterocycles. The summed E-state index contributed by atoms with van der Waals surface area (Å²) in [5.41, 5.74) is 1.40. The number of alkyl halides is 3. The van der Waals surface area contributed by atoms with Gasteiger partial charge in [0.15, 0.2) is 0 Å². The first kappa shape index (κ1) is 18.4. The molecule has 1 aromatic rings. The number of piperidine rings is 1. The van der Waals surface area contributed by atoms with Gasteiger partial charge in [0.25, 0.3) is 0 Å². The Morgan fingerprint density at radius 3 is 2.48 bits per heavy atom. The number of hydrogen-bond acceptors (Lipinski definition) is 2. The Hall–Kier alpha value is -1.94. The maximum Gasteiger partial charge on any atom is 0.391 e. The number of halogens is 4. The van der Waals surface area contributed by atoms with Crippen molar-refractivity contribution in [3.63, 3.8) is 0 Å². The molecule has 4 unspecified atom stereocenters. The number of carbonyl (C=O) groups excluding carboxylic acids is 1. The van der Waals surface area contributed by atoms with E-state index in [4.69, 9.17) is 16.9 Å². The van der Waals surface area contributed by atoms with Crippen LogP contribution in [0.15, 0.2) is 18.2 Å². The molecule has 4 atom stereocenters. The van der Waals surface area contributed by atoms with E-state index in [1.54, 1.807) is 18.2 Å². The highest BCUT2D eigenvalue weighted by Gasteiger charge is 2.54. The molecule has 144 valence electrons. The van der Waals surface area contributed by atoms with Gasteiger partial charge in [0, 0.05) is 28.7 Å². The second-order valence-electron chi connectivity index (χ2n) is 7.75. The van der Waals surface area contributed by atoms with E-state index in [0.29, 0.717) is 17.1 Å². The van der Waals surface area contributed by atoms with E-state index < -0.39 is 12.1 Å². The number of carbonyl (C=O) groups is 1. The van der Waals surface area contributed by atoms with Gasteiger partial charge in [-0.1, -0.05) is 11.6 Å². The Bertz CT molecular complexity index is 794. The zero-order valence-corrected chi connectivity index (χ0v) is 15.2. The van der Waals surface area contributed by atoms with Gasteiger partial charge in [-0.2, -0.15) is 18.4 Å². The summed E-state index contributed by atoms with van der Waals surface area (Å²) >= 11 is 6.26. The summed E-state index contributed by atoms with van der Waals surface area (Å²) in [6.07, 6.45) is -1.88. The minimum atomic E-state index is -4.19. The average molecular weight is 398 g/mol. The molecule has 1 saturated heterocycles. The van der Waals surface area contributed by atoms with E-state index in [0.717, 1.165) is 18.4 Å². The van der Waals surface area contributed by atoms with Crippen LogP contribution in [0.3, 0.4) is 0 Å². The number of nitriles is 1. The van der Waals surface area contributed by atoms with Crippen LogP contribution in [0.1, 0.15) is 43.6 Å². The largest absolute Gasteiger partial charge is 0.391 e. The Kier molecular flexibility index (Phi) is 4.50. The number of likely N-dealkylation sites (tertiary alicyclic amines) is 1. The van der Waals surface area contributed by atoms with Crippen LogP contribution in [-0.4, -0.2) is 29.2 Å². The second kappa shape index (κ2) is 6.59. The topological polar surface area (TPSA) is 56.1 Å². The molecule has 4 rings (SSSR count). The van der Waals surface area contributed by atoms with Crippen molar-refractivity contribution in [2.45, 2.75) is 56.3 Å². The number of nitrogens with zero attached hydrogens (tertiary/aromatic N) is 2. The molecule has 2 bridgehead atoms. The summed E-state index contributed by atoms with van der Waals surface area (Å²) in [5.74, 6) is -1.31. The number of benzene rings is 1. The van der Waals surface area contributed by atoms with Gasteiger partial charge in [0.2, 0.25) is 0 Å². The van der Waals surface area contributed by atoms with Crippen molar-refractivity contribution in [1.29, 1.82) is 5.26 Å². The Labute approximate surface area is 160 Å². The molecular weight excluding hydrogens is 379 g/mol. The number of nitrogens with one attached hydrogen (secondary N) is 1. The van der Waals surface area contributed by atoms with Gasteiger partial charge in [-0.15, -0.1) is 0 Å². The Morgan fingerprint density at radius 2 is 1.93 bits per heavy atom. The molecule has 0 aromatic heterocycles. The van der Waals surface area contributed by atoms with Crippen LogP contribution in [-0.2, 0) is 0 Å². The highest BCUT2D eigenvalue weighted by Crippen LogP contribution is 2.48. The van der Waals surface area contributed by atoms with Crippen molar-refractivity contribution in [2.75, 3.05) is 5.32 Å². The molecule has 0 spiro atoms. The first-order valence-corrected chi connectivity index (χ1v) is 9.51. The standard InChI is InChI=1S/C19H19ClF3N3O/c20-17-4-2-12(7-16(17)15-3-1-10(15)9-24)25-18(27)26-13-5-11(19(21,22)23)6-14(26)8-13/h2,4,7,10-11,13-15H,1,3,5-6,8H2,(H,25,27). The number of anilines is 1. The van der Waals surface area contributed by atoms with Gasteiger partial charge in [0.05, 0.1) is 17.9 Å². The lowest BCUT2D eigenvalue weighted by Crippen LogP contribution is -2.65. The SMILES string of the molecule is N#CC1CCC1c1cc(NC(=O)N2C3CC2CC(C(F)(F)F)C3)ccc1Cl. The maximum atomic E-state index is 12.9. The minimum Gasteiger partial charge on any atom is -0.318 e. The van der Waals surface area contributed by atoms with Crippen molar-refractivity contribution < 1.29 is 18.0 Å². The summed E-state index contributed by atoms with van der Waals surface area (Å²) in [6, 6.07) is 6.35. The molecule has 27 heavy (non-hydrogen) atoms. The van der Waals surface area contributed by atoms with Gasteiger partial charge >= 0.3 is 12.2 Å². The number of urea groups is 1. The van der Waals surface area contributed by atoms with E-state index in [1.165, 1.54) is 4.90 Å². The molecule has 0 radical (unpaired) electrons.